The molecule has 1 saturated heterocycles. The van der Waals surface area contributed by atoms with Gasteiger partial charge in [0.05, 0.1) is 0 Å². The molecule has 1 aliphatic heterocycles. The maximum atomic E-state index is 12.6. The molecule has 130 valence electrons. The average Bonchev–Trinajstić information content (AvgIpc) is 2.81. The van der Waals surface area contributed by atoms with Gasteiger partial charge in [0.1, 0.15) is 5.60 Å². The largest absolute Gasteiger partial charge is 0.458 e. The van der Waals surface area contributed by atoms with Crippen molar-refractivity contribution in [2.75, 3.05) is 5.32 Å². The van der Waals surface area contributed by atoms with Gasteiger partial charge in [-0.05, 0) is 31.4 Å². The Labute approximate surface area is 142 Å². The van der Waals surface area contributed by atoms with Crippen LogP contribution >= 0.6 is 0 Å². The fourth-order valence-corrected chi connectivity index (χ4v) is 2.85. The van der Waals surface area contributed by atoms with Gasteiger partial charge in [-0.2, -0.15) is 0 Å². The van der Waals surface area contributed by atoms with E-state index in [0.717, 1.165) is 0 Å². The van der Waals surface area contributed by atoms with Crippen molar-refractivity contribution in [1.82, 2.24) is 5.32 Å². The highest BCUT2D eigenvalue weighted by Crippen LogP contribution is 2.46. The zero-order chi connectivity index (χ0) is 18.0. The number of rotatable bonds is 4. The van der Waals surface area contributed by atoms with Crippen LogP contribution in [0.5, 0.6) is 0 Å². The van der Waals surface area contributed by atoms with E-state index in [1.54, 1.807) is 31.2 Å². The van der Waals surface area contributed by atoms with Crippen LogP contribution in [-0.4, -0.2) is 23.5 Å². The van der Waals surface area contributed by atoms with Crippen molar-refractivity contribution in [3.05, 3.63) is 30.3 Å². The van der Waals surface area contributed by atoms with Crippen molar-refractivity contribution in [3.8, 4) is 0 Å². The molecule has 2 rings (SSSR count). The van der Waals surface area contributed by atoms with Gasteiger partial charge in [-0.15, -0.1) is 0 Å². The van der Waals surface area contributed by atoms with Crippen LogP contribution in [0.2, 0.25) is 0 Å². The molecule has 2 unspecified atom stereocenters. The summed E-state index contributed by atoms with van der Waals surface area (Å²) >= 11 is 0. The van der Waals surface area contributed by atoms with Crippen molar-refractivity contribution >= 4 is 23.6 Å². The van der Waals surface area contributed by atoms with Gasteiger partial charge >= 0.3 is 12.0 Å². The van der Waals surface area contributed by atoms with Crippen LogP contribution in [0.3, 0.4) is 0 Å². The lowest BCUT2D eigenvalue weighted by atomic mass is 9.74. The van der Waals surface area contributed by atoms with Crippen LogP contribution in [0.4, 0.5) is 10.5 Å². The number of cyclic esters (lactones) is 1. The van der Waals surface area contributed by atoms with Crippen molar-refractivity contribution in [3.63, 3.8) is 0 Å². The fraction of sp³-hybridized carbons (Fsp3) is 0.500. The topological polar surface area (TPSA) is 84.5 Å². The number of carbonyl (C=O) groups excluding carboxylic acids is 3. The first-order chi connectivity index (χ1) is 11.2. The number of hydrogen-bond acceptors (Lipinski definition) is 4. The number of amides is 3. The highest BCUT2D eigenvalue weighted by molar-refractivity contribution is 6.11. The number of benzene rings is 1. The molecule has 6 nitrogen and oxygen atoms in total. The molecule has 3 amide bonds. The van der Waals surface area contributed by atoms with Gasteiger partial charge in [0.15, 0.2) is 5.41 Å². The Morgan fingerprint density at radius 1 is 1.25 bits per heavy atom. The molecule has 0 bridgehead atoms. The predicted molar refractivity (Wildman–Crippen MR) is 90.3 cm³/mol. The van der Waals surface area contributed by atoms with E-state index in [2.05, 4.69) is 10.6 Å². The van der Waals surface area contributed by atoms with Gasteiger partial charge < -0.3 is 10.1 Å². The summed E-state index contributed by atoms with van der Waals surface area (Å²) in [6.07, 6.45) is 0.538. The standard InChI is InChI=1S/C18H24N2O4/c1-5-18(11-17(4,12(2)3)24-15(18)22)14(21)20-16(23)19-13-9-7-6-8-10-13/h6-10,12H,5,11H2,1-4H3,(H2,19,20,21,23). The Morgan fingerprint density at radius 2 is 1.88 bits per heavy atom. The van der Waals surface area contributed by atoms with E-state index in [9.17, 15) is 14.4 Å². The van der Waals surface area contributed by atoms with Gasteiger partial charge in [-0.3, -0.25) is 14.9 Å². The minimum absolute atomic E-state index is 0.0702. The molecule has 6 heteroatoms. The van der Waals surface area contributed by atoms with Gasteiger partial charge in [0.2, 0.25) is 5.91 Å². The molecule has 1 heterocycles. The number of anilines is 1. The Kier molecular flexibility index (Phi) is 4.96. The quantitative estimate of drug-likeness (QED) is 0.655. The second kappa shape index (κ2) is 6.63. The van der Waals surface area contributed by atoms with Crippen LogP contribution in [0.25, 0.3) is 0 Å². The summed E-state index contributed by atoms with van der Waals surface area (Å²) in [6, 6.07) is 8.12. The van der Waals surface area contributed by atoms with Gasteiger partial charge in [0, 0.05) is 12.1 Å². The highest BCUT2D eigenvalue weighted by Gasteiger charge is 2.59. The second-order valence-corrected chi connectivity index (χ2v) is 6.74. The summed E-state index contributed by atoms with van der Waals surface area (Å²) in [5.74, 6) is -1.11. The zero-order valence-electron chi connectivity index (χ0n) is 14.5. The number of nitrogens with one attached hydrogen (secondary N) is 2. The molecule has 0 saturated carbocycles. The Morgan fingerprint density at radius 3 is 2.38 bits per heavy atom. The smallest absolute Gasteiger partial charge is 0.325 e. The molecule has 24 heavy (non-hydrogen) atoms. The molecule has 1 aromatic carbocycles. The minimum Gasteiger partial charge on any atom is -0.458 e. The summed E-state index contributed by atoms with van der Waals surface area (Å²) < 4.78 is 5.51. The lowest BCUT2D eigenvalue weighted by Gasteiger charge is -2.28. The van der Waals surface area contributed by atoms with Gasteiger partial charge in [0.25, 0.3) is 0 Å². The number of urea groups is 1. The Hall–Kier alpha value is -2.37. The van der Waals surface area contributed by atoms with E-state index in [1.807, 2.05) is 26.8 Å². The molecular weight excluding hydrogens is 308 g/mol. The van der Waals surface area contributed by atoms with E-state index in [0.29, 0.717) is 5.69 Å². The number of hydrogen-bond donors (Lipinski definition) is 2. The van der Waals surface area contributed by atoms with Crippen molar-refractivity contribution < 1.29 is 19.1 Å². The maximum absolute atomic E-state index is 12.6. The lowest BCUT2D eigenvalue weighted by Crippen LogP contribution is -2.48. The Bertz CT molecular complexity index is 644. The fourth-order valence-electron chi connectivity index (χ4n) is 2.85. The molecule has 2 N–H and O–H groups in total. The average molecular weight is 332 g/mol. The number of carbonyl (C=O) groups is 3. The summed E-state index contributed by atoms with van der Waals surface area (Å²) in [5, 5.41) is 4.85. The van der Waals surface area contributed by atoms with E-state index >= 15 is 0 Å². The monoisotopic (exact) mass is 332 g/mol. The lowest BCUT2D eigenvalue weighted by molar-refractivity contribution is -0.158. The molecule has 0 spiro atoms. The van der Waals surface area contributed by atoms with Crippen LogP contribution in [0, 0.1) is 11.3 Å². The third-order valence-electron chi connectivity index (χ3n) is 4.89. The van der Waals surface area contributed by atoms with E-state index in [1.165, 1.54) is 0 Å². The van der Waals surface area contributed by atoms with E-state index in [-0.39, 0.29) is 18.8 Å². The van der Waals surface area contributed by atoms with Crippen molar-refractivity contribution in [2.45, 2.75) is 46.1 Å². The molecule has 1 aromatic rings. The molecular formula is C18H24N2O4. The highest BCUT2D eigenvalue weighted by atomic mass is 16.6. The molecule has 0 aromatic heterocycles. The van der Waals surface area contributed by atoms with E-state index in [4.69, 9.17) is 4.74 Å². The number of imide groups is 1. The first kappa shape index (κ1) is 18.0. The molecule has 0 aliphatic carbocycles. The van der Waals surface area contributed by atoms with E-state index < -0.39 is 28.9 Å². The van der Waals surface area contributed by atoms with Gasteiger partial charge in [-0.1, -0.05) is 39.0 Å². The third-order valence-corrected chi connectivity index (χ3v) is 4.89. The summed E-state index contributed by atoms with van der Waals surface area (Å²) in [6.45, 7) is 7.46. The summed E-state index contributed by atoms with van der Waals surface area (Å²) in [5.41, 5.74) is -1.47. The predicted octanol–water partition coefficient (Wildman–Crippen LogP) is 3.09. The van der Waals surface area contributed by atoms with Crippen molar-refractivity contribution in [2.24, 2.45) is 11.3 Å². The molecule has 0 radical (unpaired) electrons. The molecule has 1 fully saturated rings. The Balaban J connectivity index is 2.12. The number of para-hydroxylation sites is 1. The van der Waals surface area contributed by atoms with Crippen LogP contribution in [-0.2, 0) is 14.3 Å². The summed E-state index contributed by atoms with van der Waals surface area (Å²) in [7, 11) is 0. The number of ether oxygens (including phenoxy) is 1. The second-order valence-electron chi connectivity index (χ2n) is 6.74. The van der Waals surface area contributed by atoms with Crippen LogP contribution in [0.1, 0.15) is 40.5 Å². The van der Waals surface area contributed by atoms with Crippen LogP contribution < -0.4 is 10.6 Å². The zero-order valence-corrected chi connectivity index (χ0v) is 14.5. The first-order valence-electron chi connectivity index (χ1n) is 8.14. The summed E-state index contributed by atoms with van der Waals surface area (Å²) in [4.78, 5) is 37.1. The van der Waals surface area contributed by atoms with Crippen molar-refractivity contribution in [1.29, 1.82) is 0 Å². The first-order valence-corrected chi connectivity index (χ1v) is 8.14. The molecule has 1 aliphatic rings. The number of esters is 1. The minimum atomic E-state index is -1.33. The van der Waals surface area contributed by atoms with Gasteiger partial charge in [-0.25, -0.2) is 4.79 Å². The van der Waals surface area contributed by atoms with Crippen LogP contribution in [0.15, 0.2) is 30.3 Å². The molecule has 2 atom stereocenters. The maximum Gasteiger partial charge on any atom is 0.325 e. The SMILES string of the molecule is CCC1(C(=O)NC(=O)Nc2ccccc2)CC(C)(C(C)C)OC1=O. The normalized spacial score (nSPS) is 26.1. The third kappa shape index (κ3) is 3.27.